The standard InChI is InChI=1S/C15H24N2O/c1-4-13-11-16-9-10-17(13)14-7-5-12(6-8-14)15(2,3)18/h5-8,13,16,18H,4,9-11H2,1-3H3. The van der Waals surface area contributed by atoms with E-state index in [1.54, 1.807) is 0 Å². The molecular formula is C15H24N2O. The van der Waals surface area contributed by atoms with Crippen molar-refractivity contribution in [3.8, 4) is 0 Å². The fourth-order valence-electron chi connectivity index (χ4n) is 2.53. The summed E-state index contributed by atoms with van der Waals surface area (Å²) in [6.45, 7) is 9.03. The van der Waals surface area contributed by atoms with E-state index in [2.05, 4.69) is 29.3 Å². The molecule has 3 nitrogen and oxygen atoms in total. The monoisotopic (exact) mass is 248 g/mol. The van der Waals surface area contributed by atoms with Gasteiger partial charge in [-0.25, -0.2) is 0 Å². The quantitative estimate of drug-likeness (QED) is 0.860. The van der Waals surface area contributed by atoms with Crippen molar-refractivity contribution < 1.29 is 5.11 Å². The van der Waals surface area contributed by atoms with E-state index in [0.717, 1.165) is 31.6 Å². The van der Waals surface area contributed by atoms with Crippen LogP contribution in [0, 0.1) is 0 Å². The van der Waals surface area contributed by atoms with Crippen molar-refractivity contribution in [2.45, 2.75) is 38.8 Å². The Labute approximate surface area is 110 Å². The lowest BCUT2D eigenvalue weighted by molar-refractivity contribution is 0.0786. The van der Waals surface area contributed by atoms with Crippen LogP contribution in [-0.2, 0) is 5.60 Å². The third kappa shape index (κ3) is 2.85. The fraction of sp³-hybridized carbons (Fsp3) is 0.600. The third-order valence-electron chi connectivity index (χ3n) is 3.73. The second-order valence-corrected chi connectivity index (χ2v) is 5.57. The predicted molar refractivity (Wildman–Crippen MR) is 76.0 cm³/mol. The van der Waals surface area contributed by atoms with E-state index in [4.69, 9.17) is 0 Å². The van der Waals surface area contributed by atoms with E-state index in [1.807, 2.05) is 26.0 Å². The Bertz CT molecular complexity index is 380. The molecule has 0 saturated carbocycles. The zero-order valence-corrected chi connectivity index (χ0v) is 11.6. The molecule has 0 amide bonds. The van der Waals surface area contributed by atoms with Gasteiger partial charge in [0, 0.05) is 31.4 Å². The average molecular weight is 248 g/mol. The van der Waals surface area contributed by atoms with Gasteiger partial charge >= 0.3 is 0 Å². The van der Waals surface area contributed by atoms with Gasteiger partial charge in [-0.15, -0.1) is 0 Å². The molecule has 0 spiro atoms. The highest BCUT2D eigenvalue weighted by atomic mass is 16.3. The van der Waals surface area contributed by atoms with Crippen molar-refractivity contribution in [3.05, 3.63) is 29.8 Å². The lowest BCUT2D eigenvalue weighted by Crippen LogP contribution is -2.51. The summed E-state index contributed by atoms with van der Waals surface area (Å²) >= 11 is 0. The summed E-state index contributed by atoms with van der Waals surface area (Å²) in [7, 11) is 0. The molecule has 1 aliphatic heterocycles. The molecule has 18 heavy (non-hydrogen) atoms. The normalized spacial score (nSPS) is 21.1. The van der Waals surface area contributed by atoms with Crippen LogP contribution in [0.4, 0.5) is 5.69 Å². The maximum absolute atomic E-state index is 9.96. The van der Waals surface area contributed by atoms with E-state index in [0.29, 0.717) is 6.04 Å². The van der Waals surface area contributed by atoms with Gasteiger partial charge in [0.2, 0.25) is 0 Å². The Morgan fingerprint density at radius 3 is 2.56 bits per heavy atom. The molecule has 0 bridgehead atoms. The third-order valence-corrected chi connectivity index (χ3v) is 3.73. The van der Waals surface area contributed by atoms with Crippen LogP contribution in [0.15, 0.2) is 24.3 Å². The molecule has 1 aliphatic rings. The highest BCUT2D eigenvalue weighted by Crippen LogP contribution is 2.25. The number of nitrogens with one attached hydrogen (secondary N) is 1. The van der Waals surface area contributed by atoms with Crippen LogP contribution >= 0.6 is 0 Å². The minimum Gasteiger partial charge on any atom is -0.386 e. The maximum atomic E-state index is 9.96. The van der Waals surface area contributed by atoms with Crippen LogP contribution in [0.3, 0.4) is 0 Å². The van der Waals surface area contributed by atoms with Crippen molar-refractivity contribution in [2.24, 2.45) is 0 Å². The molecule has 1 fully saturated rings. The van der Waals surface area contributed by atoms with Gasteiger partial charge in [-0.1, -0.05) is 19.1 Å². The van der Waals surface area contributed by atoms with Gasteiger partial charge in [0.1, 0.15) is 0 Å². The molecule has 0 radical (unpaired) electrons. The molecular weight excluding hydrogens is 224 g/mol. The van der Waals surface area contributed by atoms with Crippen molar-refractivity contribution in [3.63, 3.8) is 0 Å². The molecule has 1 aromatic carbocycles. The van der Waals surface area contributed by atoms with Crippen LogP contribution in [0.2, 0.25) is 0 Å². The first kappa shape index (κ1) is 13.4. The van der Waals surface area contributed by atoms with Crippen molar-refractivity contribution >= 4 is 5.69 Å². The lowest BCUT2D eigenvalue weighted by atomic mass is 9.98. The van der Waals surface area contributed by atoms with Crippen molar-refractivity contribution in [1.82, 2.24) is 5.32 Å². The Balaban J connectivity index is 2.18. The number of nitrogens with zero attached hydrogens (tertiary/aromatic N) is 1. The Hall–Kier alpha value is -1.06. The number of piperazine rings is 1. The molecule has 1 aromatic rings. The van der Waals surface area contributed by atoms with E-state index in [1.165, 1.54) is 5.69 Å². The summed E-state index contributed by atoms with van der Waals surface area (Å²) in [6, 6.07) is 8.89. The van der Waals surface area contributed by atoms with Crippen LogP contribution < -0.4 is 10.2 Å². The smallest absolute Gasteiger partial charge is 0.0840 e. The molecule has 1 saturated heterocycles. The van der Waals surface area contributed by atoms with Gasteiger partial charge in [-0.2, -0.15) is 0 Å². The summed E-state index contributed by atoms with van der Waals surface area (Å²) in [4.78, 5) is 2.46. The van der Waals surface area contributed by atoms with Gasteiger partial charge in [0.05, 0.1) is 5.60 Å². The van der Waals surface area contributed by atoms with E-state index in [-0.39, 0.29) is 0 Å². The Morgan fingerprint density at radius 1 is 1.33 bits per heavy atom. The zero-order chi connectivity index (χ0) is 13.2. The van der Waals surface area contributed by atoms with Gasteiger partial charge in [0.15, 0.2) is 0 Å². The molecule has 0 aliphatic carbocycles. The molecule has 100 valence electrons. The topological polar surface area (TPSA) is 35.5 Å². The Morgan fingerprint density at radius 2 is 2.00 bits per heavy atom. The molecule has 1 heterocycles. The fourth-order valence-corrected chi connectivity index (χ4v) is 2.53. The molecule has 2 N–H and O–H groups in total. The highest BCUT2D eigenvalue weighted by molar-refractivity contribution is 5.49. The van der Waals surface area contributed by atoms with Crippen molar-refractivity contribution in [2.75, 3.05) is 24.5 Å². The first-order chi connectivity index (χ1) is 8.52. The second-order valence-electron chi connectivity index (χ2n) is 5.57. The first-order valence-electron chi connectivity index (χ1n) is 6.82. The lowest BCUT2D eigenvalue weighted by Gasteiger charge is -2.37. The van der Waals surface area contributed by atoms with E-state index >= 15 is 0 Å². The summed E-state index contributed by atoms with van der Waals surface area (Å²) in [5.41, 5.74) is 1.47. The van der Waals surface area contributed by atoms with Crippen LogP contribution in [-0.4, -0.2) is 30.8 Å². The second kappa shape index (κ2) is 5.29. The number of hydrogen-bond donors (Lipinski definition) is 2. The van der Waals surface area contributed by atoms with Crippen LogP contribution in [0.5, 0.6) is 0 Å². The minimum atomic E-state index is -0.758. The predicted octanol–water partition coefficient (Wildman–Crippen LogP) is 2.10. The SMILES string of the molecule is CCC1CNCCN1c1ccc(C(C)(C)O)cc1. The number of benzene rings is 1. The molecule has 1 unspecified atom stereocenters. The first-order valence-corrected chi connectivity index (χ1v) is 6.82. The van der Waals surface area contributed by atoms with Gasteiger partial charge < -0.3 is 15.3 Å². The molecule has 1 atom stereocenters. The van der Waals surface area contributed by atoms with E-state index in [9.17, 15) is 5.11 Å². The number of aliphatic hydroxyl groups is 1. The van der Waals surface area contributed by atoms with Gasteiger partial charge in [-0.3, -0.25) is 0 Å². The number of hydrogen-bond acceptors (Lipinski definition) is 3. The summed E-state index contributed by atoms with van der Waals surface area (Å²) in [6.07, 6.45) is 1.15. The molecule has 0 aromatic heterocycles. The van der Waals surface area contributed by atoms with Gasteiger partial charge in [0.25, 0.3) is 0 Å². The Kier molecular flexibility index (Phi) is 3.93. The molecule has 2 rings (SSSR count). The van der Waals surface area contributed by atoms with Crippen LogP contribution in [0.25, 0.3) is 0 Å². The van der Waals surface area contributed by atoms with Crippen LogP contribution in [0.1, 0.15) is 32.8 Å². The van der Waals surface area contributed by atoms with Crippen molar-refractivity contribution in [1.29, 1.82) is 0 Å². The largest absolute Gasteiger partial charge is 0.386 e. The average Bonchev–Trinajstić information content (AvgIpc) is 2.38. The zero-order valence-electron chi connectivity index (χ0n) is 11.6. The maximum Gasteiger partial charge on any atom is 0.0840 e. The summed E-state index contributed by atoms with van der Waals surface area (Å²) in [5.74, 6) is 0. The summed E-state index contributed by atoms with van der Waals surface area (Å²) < 4.78 is 0. The number of rotatable bonds is 3. The molecule has 3 heteroatoms. The highest BCUT2D eigenvalue weighted by Gasteiger charge is 2.21. The van der Waals surface area contributed by atoms with Gasteiger partial charge in [-0.05, 0) is 38.0 Å². The number of anilines is 1. The minimum absolute atomic E-state index is 0.576. The summed E-state index contributed by atoms with van der Waals surface area (Å²) in [5, 5.41) is 13.4. The van der Waals surface area contributed by atoms with E-state index < -0.39 is 5.60 Å².